The second-order valence-electron chi connectivity index (χ2n) is 3.95. The molecular weight excluding hydrogens is 264 g/mol. The highest BCUT2D eigenvalue weighted by Gasteiger charge is 2.06. The molecule has 0 saturated heterocycles. The normalized spacial score (nSPS) is 9.95. The number of rotatable bonds is 9. The molecule has 0 aliphatic rings. The Morgan fingerprint density at radius 3 is 2.20 bits per heavy atom. The van der Waals surface area contributed by atoms with E-state index < -0.39 is 0 Å². The molecule has 0 amide bonds. The first-order valence-corrected chi connectivity index (χ1v) is 6.34. The molecule has 1 N–H and O–H groups in total. The van der Waals surface area contributed by atoms with Crippen molar-refractivity contribution in [1.82, 2.24) is 15.0 Å². The summed E-state index contributed by atoms with van der Waals surface area (Å²) in [5.41, 5.74) is 0. The molecule has 112 valence electrons. The van der Waals surface area contributed by atoms with Crippen LogP contribution in [0.5, 0.6) is 12.0 Å². The number of unbranched alkanes of at least 4 members (excludes halogenated alkanes) is 2. The van der Waals surface area contributed by atoms with E-state index in [9.17, 15) is 4.79 Å². The van der Waals surface area contributed by atoms with E-state index in [0.29, 0.717) is 18.9 Å². The zero-order valence-corrected chi connectivity index (χ0v) is 12.0. The van der Waals surface area contributed by atoms with Gasteiger partial charge in [-0.2, -0.15) is 9.97 Å². The van der Waals surface area contributed by atoms with Gasteiger partial charge in [0.25, 0.3) is 0 Å². The number of carbonyl (C=O) groups is 1. The fourth-order valence-corrected chi connectivity index (χ4v) is 1.47. The monoisotopic (exact) mass is 284 g/mol. The van der Waals surface area contributed by atoms with E-state index in [-0.39, 0.29) is 18.0 Å². The van der Waals surface area contributed by atoms with Crippen LogP contribution in [0.3, 0.4) is 0 Å². The Kier molecular flexibility index (Phi) is 7.08. The van der Waals surface area contributed by atoms with E-state index in [1.807, 2.05) is 0 Å². The van der Waals surface area contributed by atoms with Crippen LogP contribution < -0.4 is 14.8 Å². The Bertz CT molecular complexity index is 406. The van der Waals surface area contributed by atoms with E-state index in [1.54, 1.807) is 0 Å². The van der Waals surface area contributed by atoms with Gasteiger partial charge >= 0.3 is 18.0 Å². The quantitative estimate of drug-likeness (QED) is 0.530. The number of anilines is 1. The molecular formula is C12H20N4O4. The molecule has 20 heavy (non-hydrogen) atoms. The maximum absolute atomic E-state index is 10.9. The molecule has 8 nitrogen and oxygen atoms in total. The average Bonchev–Trinajstić information content (AvgIpc) is 2.49. The Morgan fingerprint density at radius 1 is 1.00 bits per heavy atom. The first-order chi connectivity index (χ1) is 9.69. The number of hydrogen-bond donors (Lipinski definition) is 1. The van der Waals surface area contributed by atoms with Crippen molar-refractivity contribution >= 4 is 11.9 Å². The van der Waals surface area contributed by atoms with Crippen molar-refractivity contribution in [2.45, 2.75) is 25.7 Å². The van der Waals surface area contributed by atoms with Gasteiger partial charge in [-0.1, -0.05) is 6.42 Å². The first-order valence-electron chi connectivity index (χ1n) is 6.34. The van der Waals surface area contributed by atoms with Gasteiger partial charge in [-0.3, -0.25) is 4.79 Å². The topological polar surface area (TPSA) is 95.5 Å². The predicted octanol–water partition coefficient (Wildman–Crippen LogP) is 1.03. The highest BCUT2D eigenvalue weighted by atomic mass is 16.5. The Labute approximate surface area is 117 Å². The molecule has 0 bridgehead atoms. The third kappa shape index (κ3) is 5.68. The predicted molar refractivity (Wildman–Crippen MR) is 71.9 cm³/mol. The third-order valence-corrected chi connectivity index (χ3v) is 2.53. The van der Waals surface area contributed by atoms with E-state index in [4.69, 9.17) is 9.47 Å². The highest BCUT2D eigenvalue weighted by Crippen LogP contribution is 2.12. The molecule has 1 rings (SSSR count). The van der Waals surface area contributed by atoms with Crippen molar-refractivity contribution in [3.8, 4) is 12.0 Å². The maximum atomic E-state index is 10.9. The number of nitrogens with one attached hydrogen (secondary N) is 1. The average molecular weight is 284 g/mol. The number of ether oxygens (including phenoxy) is 3. The minimum atomic E-state index is -0.176. The van der Waals surface area contributed by atoms with Crippen molar-refractivity contribution in [1.29, 1.82) is 0 Å². The van der Waals surface area contributed by atoms with Crippen LogP contribution in [0.15, 0.2) is 0 Å². The fraction of sp³-hybridized carbons (Fsp3) is 0.667. The fourth-order valence-electron chi connectivity index (χ4n) is 1.47. The van der Waals surface area contributed by atoms with Gasteiger partial charge in [-0.05, 0) is 12.8 Å². The molecule has 0 aliphatic carbocycles. The number of carbonyl (C=O) groups excluding carboxylic acids is 1. The number of methoxy groups -OCH3 is 3. The summed E-state index contributed by atoms with van der Waals surface area (Å²) in [6.07, 6.45) is 3.07. The van der Waals surface area contributed by atoms with Crippen LogP contribution in [0.1, 0.15) is 25.7 Å². The second kappa shape index (κ2) is 8.89. The number of aromatic nitrogens is 3. The van der Waals surface area contributed by atoms with Crippen LogP contribution in [-0.4, -0.2) is 48.8 Å². The van der Waals surface area contributed by atoms with Crippen molar-refractivity contribution < 1.29 is 19.0 Å². The summed E-state index contributed by atoms with van der Waals surface area (Å²) in [7, 11) is 4.35. The Balaban J connectivity index is 2.29. The molecule has 0 atom stereocenters. The lowest BCUT2D eigenvalue weighted by Crippen LogP contribution is -2.08. The highest BCUT2D eigenvalue weighted by molar-refractivity contribution is 5.68. The van der Waals surface area contributed by atoms with E-state index in [1.165, 1.54) is 21.3 Å². The summed E-state index contributed by atoms with van der Waals surface area (Å²) in [5.74, 6) is 0.228. The van der Waals surface area contributed by atoms with Crippen LogP contribution in [0.2, 0.25) is 0 Å². The summed E-state index contributed by atoms with van der Waals surface area (Å²) in [6.45, 7) is 0.692. The molecule has 0 aromatic carbocycles. The molecule has 0 unspecified atom stereocenters. The minimum Gasteiger partial charge on any atom is -0.469 e. The molecule has 0 aliphatic heterocycles. The van der Waals surface area contributed by atoms with Crippen LogP contribution in [0.25, 0.3) is 0 Å². The summed E-state index contributed by atoms with van der Waals surface area (Å²) in [5, 5.41) is 3.06. The minimum absolute atomic E-state index is 0.176. The van der Waals surface area contributed by atoms with E-state index >= 15 is 0 Å². The van der Waals surface area contributed by atoms with E-state index in [2.05, 4.69) is 25.0 Å². The number of nitrogens with zero attached hydrogens (tertiary/aromatic N) is 3. The molecule has 1 heterocycles. The summed E-state index contributed by atoms with van der Waals surface area (Å²) >= 11 is 0. The molecule has 0 radical (unpaired) electrons. The van der Waals surface area contributed by atoms with Gasteiger partial charge in [-0.25, -0.2) is 0 Å². The Hall–Kier alpha value is -2.12. The second-order valence-corrected chi connectivity index (χ2v) is 3.95. The molecule has 0 spiro atoms. The van der Waals surface area contributed by atoms with Crippen LogP contribution in [0.4, 0.5) is 5.95 Å². The number of esters is 1. The van der Waals surface area contributed by atoms with Crippen molar-refractivity contribution in [3.05, 3.63) is 0 Å². The van der Waals surface area contributed by atoms with Gasteiger partial charge in [0.15, 0.2) is 0 Å². The van der Waals surface area contributed by atoms with Crippen LogP contribution in [0, 0.1) is 0 Å². The first kappa shape index (κ1) is 15.9. The van der Waals surface area contributed by atoms with Gasteiger partial charge in [0.05, 0.1) is 21.3 Å². The summed E-state index contributed by atoms with van der Waals surface area (Å²) < 4.78 is 14.5. The smallest absolute Gasteiger partial charge is 0.324 e. The molecule has 1 aromatic heterocycles. The van der Waals surface area contributed by atoms with Gasteiger partial charge in [0, 0.05) is 13.0 Å². The lowest BCUT2D eigenvalue weighted by atomic mass is 10.2. The van der Waals surface area contributed by atoms with E-state index in [0.717, 1.165) is 19.3 Å². The van der Waals surface area contributed by atoms with Crippen molar-refractivity contribution in [2.75, 3.05) is 33.2 Å². The maximum Gasteiger partial charge on any atom is 0.324 e. The molecule has 1 aromatic rings. The standard InChI is InChI=1S/C12H20N4O4/c1-18-9(17)7-5-4-6-8-13-10-14-11(19-2)16-12(15-10)20-3/h4-8H2,1-3H3,(H,13,14,15,16). The van der Waals surface area contributed by atoms with Crippen molar-refractivity contribution in [3.63, 3.8) is 0 Å². The van der Waals surface area contributed by atoms with Crippen LogP contribution >= 0.6 is 0 Å². The molecule has 8 heteroatoms. The summed E-state index contributed by atoms with van der Waals surface area (Å²) in [4.78, 5) is 22.9. The molecule has 0 saturated carbocycles. The zero-order chi connectivity index (χ0) is 14.8. The SMILES string of the molecule is COC(=O)CCCCCNc1nc(OC)nc(OC)n1. The third-order valence-electron chi connectivity index (χ3n) is 2.53. The lowest BCUT2D eigenvalue weighted by molar-refractivity contribution is -0.140. The number of hydrogen-bond acceptors (Lipinski definition) is 8. The zero-order valence-electron chi connectivity index (χ0n) is 12.0. The van der Waals surface area contributed by atoms with Gasteiger partial charge in [0.2, 0.25) is 5.95 Å². The molecule has 0 fully saturated rings. The van der Waals surface area contributed by atoms with Gasteiger partial charge in [-0.15, -0.1) is 4.98 Å². The van der Waals surface area contributed by atoms with Gasteiger partial charge < -0.3 is 19.5 Å². The lowest BCUT2D eigenvalue weighted by Gasteiger charge is -2.07. The summed E-state index contributed by atoms with van der Waals surface area (Å²) in [6, 6.07) is 0.398. The Morgan fingerprint density at radius 2 is 1.65 bits per heavy atom. The van der Waals surface area contributed by atoms with Crippen molar-refractivity contribution in [2.24, 2.45) is 0 Å². The largest absolute Gasteiger partial charge is 0.469 e. The van der Waals surface area contributed by atoms with Crippen LogP contribution in [-0.2, 0) is 9.53 Å². The van der Waals surface area contributed by atoms with Gasteiger partial charge in [0.1, 0.15) is 0 Å².